The van der Waals surface area contributed by atoms with Crippen molar-refractivity contribution in [2.75, 3.05) is 5.32 Å². The number of rotatable bonds is 5. The van der Waals surface area contributed by atoms with Crippen LogP contribution in [0.25, 0.3) is 0 Å². The number of anilines is 1. The fraction of sp³-hybridized carbons (Fsp3) is 0.522. The predicted octanol–water partition coefficient (Wildman–Crippen LogP) is 2.90. The molecule has 2 aromatic rings. The third-order valence-electron chi connectivity index (χ3n) is 5.63. The van der Waals surface area contributed by atoms with Crippen molar-refractivity contribution in [3.05, 3.63) is 47.3 Å². The van der Waals surface area contributed by atoms with Crippen LogP contribution in [0.15, 0.2) is 30.3 Å². The quantitative estimate of drug-likeness (QED) is 0.704. The number of carbonyl (C=O) groups is 2. The van der Waals surface area contributed by atoms with E-state index in [9.17, 15) is 9.59 Å². The third kappa shape index (κ3) is 5.48. The van der Waals surface area contributed by atoms with Crippen molar-refractivity contribution in [2.24, 2.45) is 12.8 Å². The Labute approximate surface area is 178 Å². The van der Waals surface area contributed by atoms with E-state index in [0.717, 1.165) is 36.9 Å². The molecular weight excluding hydrogens is 378 g/mol. The minimum atomic E-state index is -0.241. The first-order chi connectivity index (χ1) is 14.1. The molecule has 1 aromatic carbocycles. The number of hydrogen-bond acceptors (Lipinski definition) is 4. The maximum absolute atomic E-state index is 12.9. The van der Waals surface area contributed by atoms with Gasteiger partial charge in [-0.3, -0.25) is 14.3 Å². The second-order valence-corrected chi connectivity index (χ2v) is 9.26. The monoisotopic (exact) mass is 411 g/mol. The van der Waals surface area contributed by atoms with Crippen LogP contribution >= 0.6 is 0 Å². The van der Waals surface area contributed by atoms with Gasteiger partial charge < -0.3 is 16.4 Å². The Balaban J connectivity index is 1.67. The lowest BCUT2D eigenvalue weighted by Gasteiger charge is -2.27. The van der Waals surface area contributed by atoms with Crippen molar-refractivity contribution in [1.82, 2.24) is 15.1 Å². The van der Waals surface area contributed by atoms with Crippen molar-refractivity contribution < 1.29 is 9.59 Å². The van der Waals surface area contributed by atoms with Gasteiger partial charge in [0.25, 0.3) is 5.91 Å². The molecule has 3 rings (SSSR count). The van der Waals surface area contributed by atoms with Crippen LogP contribution in [0.5, 0.6) is 0 Å². The number of para-hydroxylation sites is 1. The van der Waals surface area contributed by atoms with E-state index in [4.69, 9.17) is 5.73 Å². The minimum Gasteiger partial charge on any atom is -0.353 e. The summed E-state index contributed by atoms with van der Waals surface area (Å²) in [6.07, 6.45) is 3.94. The van der Waals surface area contributed by atoms with Crippen LogP contribution in [0.3, 0.4) is 0 Å². The lowest BCUT2D eigenvalue weighted by Crippen LogP contribution is -2.41. The topological polar surface area (TPSA) is 102 Å². The van der Waals surface area contributed by atoms with Gasteiger partial charge in [-0.15, -0.1) is 0 Å². The van der Waals surface area contributed by atoms with Gasteiger partial charge in [-0.1, -0.05) is 39.0 Å². The number of carbonyl (C=O) groups excluding carboxylic acids is 2. The Bertz CT molecular complexity index is 905. The Morgan fingerprint density at radius 3 is 2.47 bits per heavy atom. The highest BCUT2D eigenvalue weighted by molar-refractivity contribution is 6.03. The highest BCUT2D eigenvalue weighted by Gasteiger charge is 2.23. The van der Waals surface area contributed by atoms with Gasteiger partial charge in [-0.2, -0.15) is 5.10 Å². The van der Waals surface area contributed by atoms with Crippen molar-refractivity contribution >= 4 is 17.5 Å². The van der Waals surface area contributed by atoms with E-state index >= 15 is 0 Å². The zero-order valence-corrected chi connectivity index (χ0v) is 18.4. The molecule has 1 saturated carbocycles. The Morgan fingerprint density at radius 2 is 1.83 bits per heavy atom. The largest absolute Gasteiger partial charge is 0.353 e. The lowest BCUT2D eigenvalue weighted by molar-refractivity contribution is -0.121. The van der Waals surface area contributed by atoms with Crippen LogP contribution in [-0.2, 0) is 23.7 Å². The Hall–Kier alpha value is -2.67. The molecule has 1 aliphatic carbocycles. The van der Waals surface area contributed by atoms with E-state index in [0.29, 0.717) is 11.4 Å². The number of hydrogen-bond donors (Lipinski definition) is 3. The van der Waals surface area contributed by atoms with Gasteiger partial charge in [0.2, 0.25) is 5.91 Å². The van der Waals surface area contributed by atoms with E-state index in [-0.39, 0.29) is 35.7 Å². The lowest BCUT2D eigenvalue weighted by atomic mass is 9.91. The second kappa shape index (κ2) is 9.00. The van der Waals surface area contributed by atoms with Gasteiger partial charge in [-0.05, 0) is 43.4 Å². The molecule has 162 valence electrons. The van der Waals surface area contributed by atoms with Crippen molar-refractivity contribution in [3.8, 4) is 0 Å². The molecule has 0 bridgehead atoms. The average Bonchev–Trinajstić information content (AvgIpc) is 3.07. The number of nitrogens with one attached hydrogen (secondary N) is 2. The van der Waals surface area contributed by atoms with Crippen LogP contribution in [0.4, 0.5) is 5.69 Å². The first-order valence-corrected chi connectivity index (χ1v) is 10.6. The summed E-state index contributed by atoms with van der Waals surface area (Å²) in [6.45, 7) is 6.18. The first kappa shape index (κ1) is 22.0. The summed E-state index contributed by atoms with van der Waals surface area (Å²) in [7, 11) is 1.76. The molecular formula is C23H33N5O2. The molecule has 7 heteroatoms. The molecule has 30 heavy (non-hydrogen) atoms. The molecule has 2 amide bonds. The highest BCUT2D eigenvalue weighted by Crippen LogP contribution is 2.23. The number of nitrogens with two attached hydrogens (primary N) is 1. The van der Waals surface area contributed by atoms with Crippen LogP contribution < -0.4 is 16.4 Å². The van der Waals surface area contributed by atoms with Crippen LogP contribution in [-0.4, -0.2) is 33.7 Å². The molecule has 1 aliphatic rings. The molecule has 1 fully saturated rings. The van der Waals surface area contributed by atoms with E-state index in [1.807, 2.05) is 30.3 Å². The van der Waals surface area contributed by atoms with Gasteiger partial charge in [0, 0.05) is 30.2 Å². The standard InChI is InChI=1S/C23H33N5O2/c1-23(2,3)20-14-19(28(4)27-20)22(30)26-18-8-6-5-7-15(18)13-21(29)25-17-11-9-16(24)10-12-17/h5-8,14,16-17H,9-13,24H2,1-4H3,(H,25,29)(H,26,30). The van der Waals surface area contributed by atoms with Crippen molar-refractivity contribution in [2.45, 2.75) is 70.4 Å². The summed E-state index contributed by atoms with van der Waals surface area (Å²) in [5.41, 5.74) is 8.57. The second-order valence-electron chi connectivity index (χ2n) is 9.26. The maximum Gasteiger partial charge on any atom is 0.273 e. The third-order valence-corrected chi connectivity index (χ3v) is 5.63. The normalized spacial score (nSPS) is 19.4. The van der Waals surface area contributed by atoms with Crippen molar-refractivity contribution in [1.29, 1.82) is 0 Å². The Kier molecular flexibility index (Phi) is 6.61. The average molecular weight is 412 g/mol. The van der Waals surface area contributed by atoms with E-state index in [2.05, 4.69) is 36.5 Å². The number of aromatic nitrogens is 2. The smallest absolute Gasteiger partial charge is 0.273 e. The fourth-order valence-corrected chi connectivity index (χ4v) is 3.74. The molecule has 0 spiro atoms. The summed E-state index contributed by atoms with van der Waals surface area (Å²) in [5.74, 6) is -0.276. The number of aryl methyl sites for hydroxylation is 1. The van der Waals surface area contributed by atoms with E-state index in [1.54, 1.807) is 11.7 Å². The summed E-state index contributed by atoms with van der Waals surface area (Å²) in [5, 5.41) is 10.5. The van der Waals surface area contributed by atoms with Gasteiger partial charge in [0.05, 0.1) is 12.1 Å². The predicted molar refractivity (Wildman–Crippen MR) is 118 cm³/mol. The van der Waals surface area contributed by atoms with Crippen molar-refractivity contribution in [3.63, 3.8) is 0 Å². The number of amides is 2. The van der Waals surface area contributed by atoms with Crippen LogP contribution in [0.1, 0.15) is 68.2 Å². The summed E-state index contributed by atoms with van der Waals surface area (Å²) in [4.78, 5) is 25.4. The van der Waals surface area contributed by atoms with Crippen LogP contribution in [0, 0.1) is 0 Å². The number of nitrogens with zero attached hydrogens (tertiary/aromatic N) is 2. The highest BCUT2D eigenvalue weighted by atomic mass is 16.2. The first-order valence-electron chi connectivity index (χ1n) is 10.6. The molecule has 1 heterocycles. The molecule has 7 nitrogen and oxygen atoms in total. The van der Waals surface area contributed by atoms with Gasteiger partial charge in [0.1, 0.15) is 5.69 Å². The molecule has 1 aromatic heterocycles. The Morgan fingerprint density at radius 1 is 1.17 bits per heavy atom. The molecule has 0 unspecified atom stereocenters. The molecule has 4 N–H and O–H groups in total. The van der Waals surface area contributed by atoms with E-state index < -0.39 is 0 Å². The van der Waals surface area contributed by atoms with Gasteiger partial charge in [0.15, 0.2) is 0 Å². The molecule has 0 atom stereocenters. The van der Waals surface area contributed by atoms with Gasteiger partial charge in [-0.25, -0.2) is 0 Å². The molecule has 0 radical (unpaired) electrons. The maximum atomic E-state index is 12.9. The summed E-state index contributed by atoms with van der Waals surface area (Å²) in [6, 6.07) is 9.67. The molecule has 0 aliphatic heterocycles. The SMILES string of the molecule is Cn1nc(C(C)(C)C)cc1C(=O)Nc1ccccc1CC(=O)NC1CCC(N)CC1. The zero-order chi connectivity index (χ0) is 21.9. The fourth-order valence-electron chi connectivity index (χ4n) is 3.74. The minimum absolute atomic E-state index is 0.0345. The van der Waals surface area contributed by atoms with Crippen LogP contribution in [0.2, 0.25) is 0 Å². The zero-order valence-electron chi connectivity index (χ0n) is 18.4. The van der Waals surface area contributed by atoms with Gasteiger partial charge >= 0.3 is 0 Å². The summed E-state index contributed by atoms with van der Waals surface area (Å²) < 4.78 is 1.60. The van der Waals surface area contributed by atoms with E-state index in [1.165, 1.54) is 0 Å². The number of benzene rings is 1. The summed E-state index contributed by atoms with van der Waals surface area (Å²) >= 11 is 0. The molecule has 0 saturated heterocycles.